The first-order chi connectivity index (χ1) is 10.8. The number of hydrogen-bond donors (Lipinski definition) is 0. The third kappa shape index (κ3) is 2.04. The third-order valence-corrected chi connectivity index (χ3v) is 5.11. The number of rotatable bonds is 0. The molecule has 0 aromatic heterocycles. The lowest BCUT2D eigenvalue weighted by molar-refractivity contribution is 0.0272. The van der Waals surface area contributed by atoms with Crippen LogP contribution in [0.4, 0.5) is 4.79 Å². The number of nitrogens with zero attached hydrogens (tertiary/aromatic N) is 1. The number of likely N-dealkylation sites (tertiary alicyclic amines) is 1. The van der Waals surface area contributed by atoms with Crippen molar-refractivity contribution in [2.75, 3.05) is 6.54 Å². The van der Waals surface area contributed by atoms with Gasteiger partial charge in [-0.1, -0.05) is 24.3 Å². The monoisotopic (exact) mass is 311 g/mol. The number of ether oxygens (including phenoxy) is 1. The molecular formula is C19H21NO3. The number of fused-ring (bicyclic) bond motifs is 1. The molecule has 4 heteroatoms. The minimum absolute atomic E-state index is 0.0117. The van der Waals surface area contributed by atoms with Crippen LogP contribution in [0.25, 0.3) is 0 Å². The summed E-state index contributed by atoms with van der Waals surface area (Å²) in [5.41, 5.74) is 2.01. The third-order valence-electron chi connectivity index (χ3n) is 5.11. The van der Waals surface area contributed by atoms with E-state index >= 15 is 0 Å². The fourth-order valence-electron chi connectivity index (χ4n) is 4.11. The molecule has 2 atom stereocenters. The van der Waals surface area contributed by atoms with Crippen LogP contribution in [-0.2, 0) is 10.2 Å². The number of amides is 1. The number of piperidine rings is 1. The molecule has 23 heavy (non-hydrogen) atoms. The molecular weight excluding hydrogens is 290 g/mol. The van der Waals surface area contributed by atoms with E-state index < -0.39 is 5.60 Å². The van der Waals surface area contributed by atoms with Crippen molar-refractivity contribution in [2.24, 2.45) is 5.92 Å². The van der Waals surface area contributed by atoms with Gasteiger partial charge in [-0.2, -0.15) is 0 Å². The Balaban J connectivity index is 1.76. The smallest absolute Gasteiger partial charge is 0.414 e. The molecule has 0 unspecified atom stereocenters. The van der Waals surface area contributed by atoms with Gasteiger partial charge in [0.05, 0.1) is 0 Å². The second kappa shape index (κ2) is 4.47. The van der Waals surface area contributed by atoms with Gasteiger partial charge >= 0.3 is 6.09 Å². The van der Waals surface area contributed by atoms with Crippen LogP contribution in [0.15, 0.2) is 36.0 Å². The fraction of sp³-hybridized carbons (Fsp3) is 0.474. The van der Waals surface area contributed by atoms with E-state index in [-0.39, 0.29) is 17.3 Å². The average molecular weight is 311 g/mol. The van der Waals surface area contributed by atoms with Gasteiger partial charge in [-0.25, -0.2) is 4.79 Å². The molecule has 0 radical (unpaired) electrons. The molecule has 0 bridgehead atoms. The molecule has 1 saturated heterocycles. The zero-order valence-electron chi connectivity index (χ0n) is 13.8. The van der Waals surface area contributed by atoms with Crippen LogP contribution >= 0.6 is 0 Å². The molecule has 1 heterocycles. The standard InChI is InChI=1S/C19H21NO3/c1-18(2,3)23-17(22)20-9-8-12-11-19(12)14-7-5-4-6-13(14)15(21)10-16(19)20/h4-7,10,12H,8-9,11H2,1-3H3/t12-,19+/m1/s1. The number of carbonyl (C=O) groups is 2. The quantitative estimate of drug-likeness (QED) is 0.734. The highest BCUT2D eigenvalue weighted by atomic mass is 16.6. The first kappa shape index (κ1) is 14.5. The topological polar surface area (TPSA) is 46.6 Å². The zero-order valence-corrected chi connectivity index (χ0v) is 13.8. The summed E-state index contributed by atoms with van der Waals surface area (Å²) in [6.07, 6.45) is 3.29. The summed E-state index contributed by atoms with van der Waals surface area (Å²) in [6.45, 7) is 6.21. The summed E-state index contributed by atoms with van der Waals surface area (Å²) >= 11 is 0. The molecule has 4 rings (SSSR count). The normalized spacial score (nSPS) is 28.3. The number of hydrogen-bond acceptors (Lipinski definition) is 3. The number of carbonyl (C=O) groups excluding carboxylic acids is 2. The first-order valence-electron chi connectivity index (χ1n) is 8.19. The Labute approximate surface area is 136 Å². The summed E-state index contributed by atoms with van der Waals surface area (Å²) in [4.78, 5) is 26.8. The van der Waals surface area contributed by atoms with E-state index in [1.807, 2.05) is 45.0 Å². The highest BCUT2D eigenvalue weighted by molar-refractivity contribution is 6.09. The van der Waals surface area contributed by atoms with Crippen LogP contribution in [0.3, 0.4) is 0 Å². The fourth-order valence-corrected chi connectivity index (χ4v) is 4.11. The van der Waals surface area contributed by atoms with Gasteiger partial charge in [0.2, 0.25) is 0 Å². The summed E-state index contributed by atoms with van der Waals surface area (Å²) in [5.74, 6) is 0.518. The maximum atomic E-state index is 12.6. The van der Waals surface area contributed by atoms with Crippen molar-refractivity contribution in [3.8, 4) is 0 Å². The van der Waals surface area contributed by atoms with Gasteiger partial charge in [0.1, 0.15) is 5.60 Å². The molecule has 1 saturated carbocycles. The molecule has 1 amide bonds. The Morgan fingerprint density at radius 1 is 1.30 bits per heavy atom. The molecule has 2 fully saturated rings. The second-order valence-corrected chi connectivity index (χ2v) is 7.73. The minimum Gasteiger partial charge on any atom is -0.443 e. The average Bonchev–Trinajstić information content (AvgIpc) is 3.20. The van der Waals surface area contributed by atoms with Crippen molar-refractivity contribution in [1.29, 1.82) is 0 Å². The Bertz CT molecular complexity index is 743. The van der Waals surface area contributed by atoms with Crippen LogP contribution in [0.1, 0.15) is 49.5 Å². The van der Waals surface area contributed by atoms with Gasteiger partial charge in [-0.05, 0) is 45.1 Å². The van der Waals surface area contributed by atoms with Crippen LogP contribution in [-0.4, -0.2) is 28.9 Å². The molecule has 120 valence electrons. The van der Waals surface area contributed by atoms with Crippen molar-refractivity contribution in [3.05, 3.63) is 47.2 Å². The Morgan fingerprint density at radius 2 is 2.04 bits per heavy atom. The van der Waals surface area contributed by atoms with Crippen molar-refractivity contribution < 1.29 is 14.3 Å². The molecule has 4 nitrogen and oxygen atoms in total. The molecule has 0 N–H and O–H groups in total. The number of allylic oxidation sites excluding steroid dienone is 2. The Kier molecular flexibility index (Phi) is 2.81. The van der Waals surface area contributed by atoms with Crippen molar-refractivity contribution in [1.82, 2.24) is 4.90 Å². The molecule has 1 spiro atoms. The lowest BCUT2D eigenvalue weighted by Gasteiger charge is -2.39. The zero-order chi connectivity index (χ0) is 16.4. The lowest BCUT2D eigenvalue weighted by Crippen LogP contribution is -2.45. The minimum atomic E-state index is -0.540. The van der Waals surface area contributed by atoms with Crippen LogP contribution in [0.5, 0.6) is 0 Å². The van der Waals surface area contributed by atoms with E-state index in [0.29, 0.717) is 12.5 Å². The molecule has 1 aliphatic heterocycles. The molecule has 1 aromatic rings. The number of benzene rings is 1. The van der Waals surface area contributed by atoms with Gasteiger partial charge in [0.15, 0.2) is 5.78 Å². The van der Waals surface area contributed by atoms with Gasteiger partial charge in [0.25, 0.3) is 0 Å². The maximum Gasteiger partial charge on any atom is 0.414 e. The largest absolute Gasteiger partial charge is 0.443 e. The van der Waals surface area contributed by atoms with Crippen LogP contribution in [0.2, 0.25) is 0 Å². The SMILES string of the molecule is CC(C)(C)OC(=O)N1CC[C@@H]2C[C@]23C1=CC(=O)c1ccccc13. The molecule has 1 aromatic carbocycles. The summed E-state index contributed by atoms with van der Waals surface area (Å²) < 4.78 is 5.55. The number of ketones is 1. The predicted molar refractivity (Wildman–Crippen MR) is 86.2 cm³/mol. The van der Waals surface area contributed by atoms with Gasteiger partial charge in [0, 0.05) is 29.3 Å². The van der Waals surface area contributed by atoms with E-state index in [4.69, 9.17) is 4.74 Å². The van der Waals surface area contributed by atoms with Gasteiger partial charge in [-0.3, -0.25) is 9.69 Å². The molecule has 3 aliphatic rings. The maximum absolute atomic E-state index is 12.6. The van der Waals surface area contributed by atoms with Crippen LogP contribution < -0.4 is 0 Å². The Hall–Kier alpha value is -2.10. The van der Waals surface area contributed by atoms with E-state index in [0.717, 1.165) is 29.7 Å². The first-order valence-corrected chi connectivity index (χ1v) is 8.19. The van der Waals surface area contributed by atoms with E-state index in [1.54, 1.807) is 11.0 Å². The predicted octanol–water partition coefficient (Wildman–Crippen LogP) is 3.67. The summed E-state index contributed by atoms with van der Waals surface area (Å²) in [6, 6.07) is 7.81. The second-order valence-electron chi connectivity index (χ2n) is 7.73. The van der Waals surface area contributed by atoms with Crippen LogP contribution in [0, 0.1) is 5.92 Å². The van der Waals surface area contributed by atoms with E-state index in [2.05, 4.69) is 0 Å². The van der Waals surface area contributed by atoms with E-state index in [9.17, 15) is 9.59 Å². The highest BCUT2D eigenvalue weighted by Gasteiger charge is 2.64. The van der Waals surface area contributed by atoms with Crippen molar-refractivity contribution in [2.45, 2.75) is 44.6 Å². The summed E-state index contributed by atoms with van der Waals surface area (Å²) in [5, 5.41) is 0. The van der Waals surface area contributed by atoms with Gasteiger partial charge in [-0.15, -0.1) is 0 Å². The van der Waals surface area contributed by atoms with E-state index in [1.165, 1.54) is 0 Å². The Morgan fingerprint density at radius 3 is 2.78 bits per heavy atom. The highest BCUT2D eigenvalue weighted by Crippen LogP contribution is 2.65. The lowest BCUT2D eigenvalue weighted by atomic mass is 9.78. The van der Waals surface area contributed by atoms with Crippen molar-refractivity contribution in [3.63, 3.8) is 0 Å². The molecule has 2 aliphatic carbocycles. The van der Waals surface area contributed by atoms with Crippen molar-refractivity contribution >= 4 is 11.9 Å². The summed E-state index contributed by atoms with van der Waals surface area (Å²) in [7, 11) is 0. The van der Waals surface area contributed by atoms with Gasteiger partial charge < -0.3 is 4.74 Å².